The van der Waals surface area contributed by atoms with E-state index in [9.17, 15) is 9.59 Å². The quantitative estimate of drug-likeness (QED) is 0.657. The Morgan fingerprint density at radius 2 is 1.93 bits per heavy atom. The minimum atomic E-state index is -0.581. The largest absolute Gasteiger partial charge is 0.447 e. The fraction of sp³-hybridized carbons (Fsp3) is 0.474. The number of nitrogens with zero attached hydrogens (tertiary/aromatic N) is 5. The molecule has 0 aliphatic carbocycles. The standard InChI is InChI=1S/C19H23N5O4S/c1-2-14-5-3-4-6-15(14)24-17(22-7-10-27-11-8-22)20-21-18(24)29-13-16(25)23-9-12-28-19(23)26/h3-6H,2,7-13H2,1H3. The van der Waals surface area contributed by atoms with E-state index in [-0.39, 0.29) is 18.3 Å². The first-order valence-electron chi connectivity index (χ1n) is 9.65. The van der Waals surface area contributed by atoms with Crippen LogP contribution < -0.4 is 4.90 Å². The van der Waals surface area contributed by atoms with Crippen LogP contribution in [0.2, 0.25) is 0 Å². The van der Waals surface area contributed by atoms with Crippen LogP contribution in [-0.4, -0.2) is 76.9 Å². The molecule has 0 spiro atoms. The van der Waals surface area contributed by atoms with Crippen LogP contribution in [0.3, 0.4) is 0 Å². The van der Waals surface area contributed by atoms with Gasteiger partial charge in [0.15, 0.2) is 5.16 Å². The molecule has 0 unspecified atom stereocenters. The second-order valence-corrected chi connectivity index (χ2v) is 7.59. The molecule has 29 heavy (non-hydrogen) atoms. The minimum Gasteiger partial charge on any atom is -0.447 e. The van der Waals surface area contributed by atoms with Crippen LogP contribution in [-0.2, 0) is 20.7 Å². The van der Waals surface area contributed by atoms with Gasteiger partial charge in [0, 0.05) is 13.1 Å². The van der Waals surface area contributed by atoms with E-state index in [1.165, 1.54) is 11.8 Å². The Hall–Kier alpha value is -2.59. The van der Waals surface area contributed by atoms with Gasteiger partial charge in [0.2, 0.25) is 11.9 Å². The maximum atomic E-state index is 12.4. The number of anilines is 1. The molecular weight excluding hydrogens is 394 g/mol. The van der Waals surface area contributed by atoms with E-state index < -0.39 is 6.09 Å². The first-order chi connectivity index (χ1) is 14.2. The Morgan fingerprint density at radius 1 is 1.14 bits per heavy atom. The first kappa shape index (κ1) is 19.7. The van der Waals surface area contributed by atoms with Crippen LogP contribution in [0, 0.1) is 0 Å². The Morgan fingerprint density at radius 3 is 2.66 bits per heavy atom. The van der Waals surface area contributed by atoms with Gasteiger partial charge in [0.25, 0.3) is 0 Å². The van der Waals surface area contributed by atoms with E-state index in [0.29, 0.717) is 24.9 Å². The molecule has 1 aromatic heterocycles. The second-order valence-electron chi connectivity index (χ2n) is 6.65. The van der Waals surface area contributed by atoms with Crippen molar-refractivity contribution in [1.82, 2.24) is 19.7 Å². The van der Waals surface area contributed by atoms with Gasteiger partial charge in [-0.1, -0.05) is 36.9 Å². The molecule has 2 amide bonds. The highest BCUT2D eigenvalue weighted by atomic mass is 32.2. The fourth-order valence-electron chi connectivity index (χ4n) is 3.39. The van der Waals surface area contributed by atoms with Crippen LogP contribution in [0.25, 0.3) is 5.69 Å². The summed E-state index contributed by atoms with van der Waals surface area (Å²) in [5, 5.41) is 9.41. The molecule has 2 aromatic rings. The van der Waals surface area contributed by atoms with Crippen LogP contribution in [0.5, 0.6) is 0 Å². The molecule has 2 aliphatic heterocycles. The number of amides is 2. The Kier molecular flexibility index (Phi) is 6.00. The number of morpholine rings is 1. The summed E-state index contributed by atoms with van der Waals surface area (Å²) in [5.41, 5.74) is 2.16. The minimum absolute atomic E-state index is 0.0879. The van der Waals surface area contributed by atoms with Crippen LogP contribution >= 0.6 is 11.8 Å². The van der Waals surface area contributed by atoms with Gasteiger partial charge in [-0.05, 0) is 18.1 Å². The summed E-state index contributed by atoms with van der Waals surface area (Å²) in [4.78, 5) is 27.3. The number of aromatic nitrogens is 3. The van der Waals surface area contributed by atoms with Crippen molar-refractivity contribution in [2.75, 3.05) is 50.1 Å². The Balaban J connectivity index is 1.63. The van der Waals surface area contributed by atoms with Crippen molar-refractivity contribution in [2.45, 2.75) is 18.5 Å². The van der Waals surface area contributed by atoms with E-state index in [1.54, 1.807) is 0 Å². The molecule has 9 nitrogen and oxygen atoms in total. The van der Waals surface area contributed by atoms with Gasteiger partial charge in [-0.25, -0.2) is 9.69 Å². The number of carbonyl (C=O) groups excluding carboxylic acids is 2. The molecule has 0 atom stereocenters. The van der Waals surface area contributed by atoms with E-state index >= 15 is 0 Å². The smallest absolute Gasteiger partial charge is 0.416 e. The third-order valence-electron chi connectivity index (χ3n) is 4.91. The molecule has 0 radical (unpaired) electrons. The van der Waals surface area contributed by atoms with Crippen molar-refractivity contribution >= 4 is 29.7 Å². The number of para-hydroxylation sites is 1. The Labute approximate surface area is 173 Å². The molecule has 154 valence electrons. The van der Waals surface area contributed by atoms with Gasteiger partial charge in [-0.15, -0.1) is 10.2 Å². The SMILES string of the molecule is CCc1ccccc1-n1c(SCC(=O)N2CCOC2=O)nnc1N1CCOCC1. The summed E-state index contributed by atoms with van der Waals surface area (Å²) < 4.78 is 12.3. The molecule has 3 heterocycles. The highest BCUT2D eigenvalue weighted by molar-refractivity contribution is 7.99. The van der Waals surface area contributed by atoms with Gasteiger partial charge in [-0.3, -0.25) is 9.36 Å². The highest BCUT2D eigenvalue weighted by Crippen LogP contribution is 2.29. The maximum absolute atomic E-state index is 12.4. The number of imide groups is 1. The molecule has 0 N–H and O–H groups in total. The predicted molar refractivity (Wildman–Crippen MR) is 108 cm³/mol. The first-order valence-corrected chi connectivity index (χ1v) is 10.6. The number of aryl methyl sites for hydroxylation is 1. The highest BCUT2D eigenvalue weighted by Gasteiger charge is 2.29. The number of hydrogen-bond donors (Lipinski definition) is 0. The van der Waals surface area contributed by atoms with Gasteiger partial charge in [0.1, 0.15) is 6.61 Å². The van der Waals surface area contributed by atoms with Crippen LogP contribution in [0.4, 0.5) is 10.7 Å². The van der Waals surface area contributed by atoms with Crippen molar-refractivity contribution < 1.29 is 19.1 Å². The number of cyclic esters (lactones) is 1. The summed E-state index contributed by atoms with van der Waals surface area (Å²) in [6, 6.07) is 8.11. The van der Waals surface area contributed by atoms with E-state index in [0.717, 1.165) is 41.6 Å². The van der Waals surface area contributed by atoms with Crippen molar-refractivity contribution in [3.05, 3.63) is 29.8 Å². The summed E-state index contributed by atoms with van der Waals surface area (Å²) >= 11 is 1.28. The third kappa shape index (κ3) is 4.08. The lowest BCUT2D eigenvalue weighted by Gasteiger charge is -2.28. The molecule has 10 heteroatoms. The van der Waals surface area contributed by atoms with Crippen molar-refractivity contribution in [3.8, 4) is 5.69 Å². The molecule has 2 aliphatic rings. The number of carbonyl (C=O) groups is 2. The normalized spacial score (nSPS) is 16.9. The molecule has 2 saturated heterocycles. The van der Waals surface area contributed by atoms with Crippen LogP contribution in [0.1, 0.15) is 12.5 Å². The maximum Gasteiger partial charge on any atom is 0.416 e. The van der Waals surface area contributed by atoms with E-state index in [2.05, 4.69) is 28.1 Å². The zero-order chi connectivity index (χ0) is 20.2. The average Bonchev–Trinajstić information content (AvgIpc) is 3.38. The number of thioether (sulfide) groups is 1. The second kappa shape index (κ2) is 8.83. The molecule has 2 fully saturated rings. The zero-order valence-electron chi connectivity index (χ0n) is 16.2. The van der Waals surface area contributed by atoms with E-state index in [1.807, 2.05) is 22.8 Å². The number of ether oxygens (including phenoxy) is 2. The molecule has 1 aromatic carbocycles. The van der Waals surface area contributed by atoms with Crippen molar-refractivity contribution in [2.24, 2.45) is 0 Å². The summed E-state index contributed by atoms with van der Waals surface area (Å²) in [7, 11) is 0. The summed E-state index contributed by atoms with van der Waals surface area (Å²) in [6.07, 6.45) is 0.280. The van der Waals surface area contributed by atoms with Crippen molar-refractivity contribution in [3.63, 3.8) is 0 Å². The monoisotopic (exact) mass is 417 g/mol. The third-order valence-corrected chi connectivity index (χ3v) is 5.82. The van der Waals surface area contributed by atoms with Gasteiger partial charge >= 0.3 is 6.09 Å². The van der Waals surface area contributed by atoms with Gasteiger partial charge in [0.05, 0.1) is 31.2 Å². The number of rotatable bonds is 6. The summed E-state index contributed by atoms with van der Waals surface area (Å²) in [5.74, 6) is 0.540. The lowest BCUT2D eigenvalue weighted by atomic mass is 10.1. The topological polar surface area (TPSA) is 89.8 Å². The lowest BCUT2D eigenvalue weighted by Crippen LogP contribution is -2.38. The lowest BCUT2D eigenvalue weighted by molar-refractivity contribution is -0.125. The fourth-order valence-corrected chi connectivity index (χ4v) is 4.20. The summed E-state index contributed by atoms with van der Waals surface area (Å²) in [6.45, 7) is 5.39. The molecular formula is C19H23N5O4S. The van der Waals surface area contributed by atoms with Crippen LogP contribution in [0.15, 0.2) is 29.4 Å². The molecule has 0 bridgehead atoms. The number of benzene rings is 1. The van der Waals surface area contributed by atoms with E-state index in [4.69, 9.17) is 9.47 Å². The number of hydrogen-bond acceptors (Lipinski definition) is 8. The predicted octanol–water partition coefficient (Wildman–Crippen LogP) is 1.74. The Bertz CT molecular complexity index is 896. The molecule has 4 rings (SSSR count). The molecule has 0 saturated carbocycles. The zero-order valence-corrected chi connectivity index (χ0v) is 17.1. The van der Waals surface area contributed by atoms with Crippen molar-refractivity contribution in [1.29, 1.82) is 0 Å². The average molecular weight is 417 g/mol. The van der Waals surface area contributed by atoms with Gasteiger partial charge < -0.3 is 14.4 Å². The van der Waals surface area contributed by atoms with Gasteiger partial charge in [-0.2, -0.15) is 0 Å².